The summed E-state index contributed by atoms with van der Waals surface area (Å²) in [5.41, 5.74) is 5.65. The minimum atomic E-state index is -0.725. The van der Waals surface area contributed by atoms with Gasteiger partial charge in [-0.2, -0.15) is 0 Å². The zero-order valence-corrected chi connectivity index (χ0v) is 10.5. The lowest BCUT2D eigenvalue weighted by Crippen LogP contribution is -2.51. The van der Waals surface area contributed by atoms with Crippen LogP contribution in [0.4, 0.5) is 0 Å². The molecule has 3 N–H and O–H groups in total. The summed E-state index contributed by atoms with van der Waals surface area (Å²) in [7, 11) is 0. The molecule has 0 aliphatic carbocycles. The Morgan fingerprint density at radius 2 is 2.06 bits per heavy atom. The standard InChI is InChI=1S/C12H20N2O2/c1-7-6-10(9(3)16-7)8(2)14-12(4,5)11(13)15/h6,8,14H,1-5H3,(H2,13,15). The second kappa shape index (κ2) is 4.29. The Balaban J connectivity index is 2.84. The summed E-state index contributed by atoms with van der Waals surface area (Å²) in [5.74, 6) is 1.38. The molecule has 1 amide bonds. The van der Waals surface area contributed by atoms with Crippen LogP contribution in [0.3, 0.4) is 0 Å². The Labute approximate surface area is 96.2 Å². The molecule has 1 unspecified atom stereocenters. The van der Waals surface area contributed by atoms with E-state index in [-0.39, 0.29) is 11.9 Å². The molecule has 0 aliphatic heterocycles. The third-order valence-corrected chi connectivity index (χ3v) is 2.74. The van der Waals surface area contributed by atoms with Gasteiger partial charge in [-0.1, -0.05) is 0 Å². The second-order valence-corrected chi connectivity index (χ2v) is 4.72. The number of carbonyl (C=O) groups excluding carboxylic acids is 1. The summed E-state index contributed by atoms with van der Waals surface area (Å²) in [6, 6.07) is 2.00. The van der Waals surface area contributed by atoms with Crippen LogP contribution in [0.25, 0.3) is 0 Å². The normalized spacial score (nSPS) is 13.8. The van der Waals surface area contributed by atoms with E-state index in [9.17, 15) is 4.79 Å². The number of furan rings is 1. The van der Waals surface area contributed by atoms with Gasteiger partial charge in [-0.3, -0.25) is 10.1 Å². The van der Waals surface area contributed by atoms with Crippen molar-refractivity contribution in [3.8, 4) is 0 Å². The minimum Gasteiger partial charge on any atom is -0.466 e. The molecular weight excluding hydrogens is 204 g/mol. The molecule has 0 aliphatic rings. The highest BCUT2D eigenvalue weighted by molar-refractivity contribution is 5.83. The Morgan fingerprint density at radius 3 is 2.44 bits per heavy atom. The first kappa shape index (κ1) is 12.8. The number of hydrogen-bond donors (Lipinski definition) is 2. The fourth-order valence-corrected chi connectivity index (χ4v) is 1.77. The highest BCUT2D eigenvalue weighted by Crippen LogP contribution is 2.23. The largest absolute Gasteiger partial charge is 0.466 e. The van der Waals surface area contributed by atoms with Crippen LogP contribution < -0.4 is 11.1 Å². The van der Waals surface area contributed by atoms with Crippen molar-refractivity contribution in [2.24, 2.45) is 5.73 Å². The predicted molar refractivity (Wildman–Crippen MR) is 63.0 cm³/mol. The number of hydrogen-bond acceptors (Lipinski definition) is 3. The van der Waals surface area contributed by atoms with E-state index in [1.165, 1.54) is 0 Å². The van der Waals surface area contributed by atoms with Crippen LogP contribution in [0.15, 0.2) is 10.5 Å². The van der Waals surface area contributed by atoms with Crippen LogP contribution >= 0.6 is 0 Å². The van der Waals surface area contributed by atoms with Crippen molar-refractivity contribution in [3.63, 3.8) is 0 Å². The molecule has 0 fully saturated rings. The zero-order valence-electron chi connectivity index (χ0n) is 10.5. The molecule has 4 heteroatoms. The number of amides is 1. The summed E-state index contributed by atoms with van der Waals surface area (Å²) < 4.78 is 5.45. The van der Waals surface area contributed by atoms with Crippen LogP contribution in [0.2, 0.25) is 0 Å². The Hall–Kier alpha value is -1.29. The molecule has 0 saturated carbocycles. The van der Waals surface area contributed by atoms with E-state index in [0.717, 1.165) is 17.1 Å². The van der Waals surface area contributed by atoms with Gasteiger partial charge in [0.25, 0.3) is 0 Å². The molecule has 0 saturated heterocycles. The van der Waals surface area contributed by atoms with Gasteiger partial charge in [0.15, 0.2) is 0 Å². The van der Waals surface area contributed by atoms with E-state index in [0.29, 0.717) is 0 Å². The molecule has 0 aromatic carbocycles. The summed E-state index contributed by atoms with van der Waals surface area (Å²) in [6.07, 6.45) is 0. The third-order valence-electron chi connectivity index (χ3n) is 2.74. The van der Waals surface area contributed by atoms with Gasteiger partial charge in [0, 0.05) is 11.6 Å². The maximum Gasteiger partial charge on any atom is 0.237 e. The molecule has 90 valence electrons. The predicted octanol–water partition coefficient (Wildman–Crippen LogP) is 1.81. The number of carbonyl (C=O) groups is 1. The topological polar surface area (TPSA) is 68.3 Å². The number of aryl methyl sites for hydroxylation is 2. The lowest BCUT2D eigenvalue weighted by atomic mass is 10.0. The lowest BCUT2D eigenvalue weighted by Gasteiger charge is -2.26. The van der Waals surface area contributed by atoms with Crippen molar-refractivity contribution in [1.82, 2.24) is 5.32 Å². The fourth-order valence-electron chi connectivity index (χ4n) is 1.77. The number of rotatable bonds is 4. The van der Waals surface area contributed by atoms with Crippen molar-refractivity contribution in [3.05, 3.63) is 23.2 Å². The number of nitrogens with one attached hydrogen (secondary N) is 1. The van der Waals surface area contributed by atoms with Crippen molar-refractivity contribution in [2.75, 3.05) is 0 Å². The van der Waals surface area contributed by atoms with Crippen LogP contribution in [0.1, 0.15) is 43.9 Å². The summed E-state index contributed by atoms with van der Waals surface area (Å²) in [5, 5.41) is 3.19. The highest BCUT2D eigenvalue weighted by atomic mass is 16.3. The van der Waals surface area contributed by atoms with Gasteiger partial charge >= 0.3 is 0 Å². The molecule has 16 heavy (non-hydrogen) atoms. The third kappa shape index (κ3) is 2.64. The van der Waals surface area contributed by atoms with Crippen molar-refractivity contribution >= 4 is 5.91 Å². The molecule has 1 rings (SSSR count). The van der Waals surface area contributed by atoms with E-state index in [2.05, 4.69) is 5.32 Å². The summed E-state index contributed by atoms with van der Waals surface area (Å²) in [4.78, 5) is 11.2. The maximum atomic E-state index is 11.2. The van der Waals surface area contributed by atoms with E-state index in [4.69, 9.17) is 10.2 Å². The Bertz CT molecular complexity index is 394. The average Bonchev–Trinajstić information content (AvgIpc) is 2.44. The number of nitrogens with two attached hydrogens (primary N) is 1. The monoisotopic (exact) mass is 224 g/mol. The van der Waals surface area contributed by atoms with Gasteiger partial charge in [-0.05, 0) is 40.7 Å². The molecule has 0 radical (unpaired) electrons. The van der Waals surface area contributed by atoms with Crippen LogP contribution in [-0.4, -0.2) is 11.4 Å². The molecule has 0 bridgehead atoms. The molecule has 1 heterocycles. The van der Waals surface area contributed by atoms with E-state index >= 15 is 0 Å². The van der Waals surface area contributed by atoms with Crippen LogP contribution in [0.5, 0.6) is 0 Å². The van der Waals surface area contributed by atoms with Crippen LogP contribution in [-0.2, 0) is 4.79 Å². The molecule has 1 aromatic rings. The second-order valence-electron chi connectivity index (χ2n) is 4.72. The Morgan fingerprint density at radius 1 is 1.50 bits per heavy atom. The molecule has 4 nitrogen and oxygen atoms in total. The SMILES string of the molecule is Cc1cc(C(C)NC(C)(C)C(N)=O)c(C)o1. The van der Waals surface area contributed by atoms with Crippen molar-refractivity contribution in [2.45, 2.75) is 46.2 Å². The molecule has 0 spiro atoms. The van der Waals surface area contributed by atoms with Gasteiger partial charge in [0.2, 0.25) is 5.91 Å². The van der Waals surface area contributed by atoms with Gasteiger partial charge in [-0.25, -0.2) is 0 Å². The summed E-state index contributed by atoms with van der Waals surface area (Å²) >= 11 is 0. The highest BCUT2D eigenvalue weighted by Gasteiger charge is 2.27. The smallest absolute Gasteiger partial charge is 0.237 e. The zero-order chi connectivity index (χ0) is 12.5. The molecule has 1 aromatic heterocycles. The first-order valence-corrected chi connectivity index (χ1v) is 5.38. The van der Waals surface area contributed by atoms with Crippen molar-refractivity contribution in [1.29, 1.82) is 0 Å². The quantitative estimate of drug-likeness (QED) is 0.819. The summed E-state index contributed by atoms with van der Waals surface area (Å²) in [6.45, 7) is 9.35. The first-order chi connectivity index (χ1) is 7.24. The first-order valence-electron chi connectivity index (χ1n) is 5.38. The van der Waals surface area contributed by atoms with E-state index in [1.54, 1.807) is 13.8 Å². The van der Waals surface area contributed by atoms with Gasteiger partial charge in [0.1, 0.15) is 11.5 Å². The fraction of sp³-hybridized carbons (Fsp3) is 0.583. The maximum absolute atomic E-state index is 11.2. The van der Waals surface area contributed by atoms with E-state index < -0.39 is 5.54 Å². The van der Waals surface area contributed by atoms with Crippen molar-refractivity contribution < 1.29 is 9.21 Å². The number of primary amides is 1. The molecular formula is C12H20N2O2. The van der Waals surface area contributed by atoms with Gasteiger partial charge in [0.05, 0.1) is 5.54 Å². The minimum absolute atomic E-state index is 0.0277. The average molecular weight is 224 g/mol. The Kier molecular flexibility index (Phi) is 3.43. The van der Waals surface area contributed by atoms with E-state index in [1.807, 2.05) is 26.8 Å². The van der Waals surface area contributed by atoms with Gasteiger partial charge in [-0.15, -0.1) is 0 Å². The van der Waals surface area contributed by atoms with Gasteiger partial charge < -0.3 is 10.2 Å². The lowest BCUT2D eigenvalue weighted by molar-refractivity contribution is -0.123. The molecule has 1 atom stereocenters. The van der Waals surface area contributed by atoms with Crippen LogP contribution in [0, 0.1) is 13.8 Å².